The number of aromatic nitrogens is 1. The number of para-hydroxylation sites is 1. The molecular weight excluding hydrogens is 380 g/mol. The molecular formula is C23H28N4O3. The van der Waals surface area contributed by atoms with E-state index < -0.39 is 0 Å². The minimum atomic E-state index is 0.130. The Morgan fingerprint density at radius 3 is 2.90 bits per heavy atom. The van der Waals surface area contributed by atoms with Gasteiger partial charge in [0.25, 0.3) is 0 Å². The van der Waals surface area contributed by atoms with Crippen molar-refractivity contribution in [3.05, 3.63) is 71.5 Å². The molecule has 1 atom stereocenters. The first kappa shape index (κ1) is 20.1. The number of nitrogens with zero attached hydrogens (tertiary/aromatic N) is 2. The molecule has 0 bridgehead atoms. The molecule has 0 aliphatic carbocycles. The molecule has 0 fully saturated rings. The molecule has 2 N–H and O–H groups in total. The molecule has 30 heavy (non-hydrogen) atoms. The summed E-state index contributed by atoms with van der Waals surface area (Å²) in [4.78, 5) is 4.74. The van der Waals surface area contributed by atoms with Gasteiger partial charge in [-0.1, -0.05) is 37.2 Å². The largest absolute Gasteiger partial charge is 0.493 e. The van der Waals surface area contributed by atoms with Gasteiger partial charge in [-0.25, -0.2) is 4.99 Å². The Bertz CT molecular complexity index is 963. The van der Waals surface area contributed by atoms with E-state index in [9.17, 15) is 0 Å². The summed E-state index contributed by atoms with van der Waals surface area (Å²) in [7, 11) is 0. The van der Waals surface area contributed by atoms with E-state index in [0.29, 0.717) is 25.6 Å². The van der Waals surface area contributed by atoms with Gasteiger partial charge in [-0.2, -0.15) is 0 Å². The summed E-state index contributed by atoms with van der Waals surface area (Å²) in [6.07, 6.45) is 3.34. The van der Waals surface area contributed by atoms with Crippen molar-refractivity contribution in [1.82, 2.24) is 15.8 Å². The number of hydrogen-bond donors (Lipinski definition) is 2. The third-order valence-electron chi connectivity index (χ3n) is 5.08. The first-order chi connectivity index (χ1) is 14.7. The van der Waals surface area contributed by atoms with E-state index in [-0.39, 0.29) is 6.04 Å². The normalized spacial score (nSPS) is 16.2. The molecule has 1 aromatic carbocycles. The fourth-order valence-corrected chi connectivity index (χ4v) is 3.40. The second-order valence-corrected chi connectivity index (χ2v) is 7.67. The molecule has 1 unspecified atom stereocenters. The maximum atomic E-state index is 5.78. The zero-order valence-corrected chi connectivity index (χ0v) is 17.4. The molecule has 3 heterocycles. The third-order valence-corrected chi connectivity index (χ3v) is 5.08. The van der Waals surface area contributed by atoms with Gasteiger partial charge in [0.15, 0.2) is 11.7 Å². The van der Waals surface area contributed by atoms with Crippen LogP contribution in [-0.2, 0) is 13.0 Å². The zero-order chi connectivity index (χ0) is 20.8. The van der Waals surface area contributed by atoms with Crippen molar-refractivity contribution in [2.45, 2.75) is 45.2 Å². The second-order valence-electron chi connectivity index (χ2n) is 7.67. The van der Waals surface area contributed by atoms with Gasteiger partial charge in [-0.05, 0) is 24.1 Å². The Balaban J connectivity index is 1.46. The summed E-state index contributed by atoms with van der Waals surface area (Å²) in [6, 6.07) is 14.1. The van der Waals surface area contributed by atoms with E-state index in [1.54, 1.807) is 6.26 Å². The SMILES string of the molecule is CC(C)c1cc(CN=C(NCCc2ccco2)NC2CCOc3ccccc32)on1. The molecule has 0 radical (unpaired) electrons. The van der Waals surface area contributed by atoms with Crippen LogP contribution in [0.1, 0.15) is 55.0 Å². The number of fused-ring (bicyclic) bond motifs is 1. The summed E-state index contributed by atoms with van der Waals surface area (Å²) in [5.41, 5.74) is 2.09. The van der Waals surface area contributed by atoms with Gasteiger partial charge in [0.05, 0.1) is 24.6 Å². The van der Waals surface area contributed by atoms with Crippen LogP contribution in [0.25, 0.3) is 0 Å². The highest BCUT2D eigenvalue weighted by Gasteiger charge is 2.22. The lowest BCUT2D eigenvalue weighted by molar-refractivity contribution is 0.261. The fourth-order valence-electron chi connectivity index (χ4n) is 3.40. The minimum Gasteiger partial charge on any atom is -0.493 e. The van der Waals surface area contributed by atoms with E-state index >= 15 is 0 Å². The van der Waals surface area contributed by atoms with Crippen LogP contribution in [0.3, 0.4) is 0 Å². The van der Waals surface area contributed by atoms with Gasteiger partial charge in [0, 0.05) is 31.0 Å². The molecule has 2 aromatic heterocycles. The average Bonchev–Trinajstić information content (AvgIpc) is 3.44. The molecule has 1 aliphatic heterocycles. The van der Waals surface area contributed by atoms with Crippen LogP contribution >= 0.6 is 0 Å². The third kappa shape index (κ3) is 5.03. The lowest BCUT2D eigenvalue weighted by Crippen LogP contribution is -2.41. The first-order valence-electron chi connectivity index (χ1n) is 10.4. The predicted molar refractivity (Wildman–Crippen MR) is 115 cm³/mol. The van der Waals surface area contributed by atoms with Crippen LogP contribution in [0.5, 0.6) is 5.75 Å². The second kappa shape index (κ2) is 9.52. The summed E-state index contributed by atoms with van der Waals surface area (Å²) < 4.78 is 16.6. The maximum Gasteiger partial charge on any atom is 0.192 e. The Morgan fingerprint density at radius 1 is 1.20 bits per heavy atom. The van der Waals surface area contributed by atoms with E-state index in [1.165, 1.54) is 0 Å². The average molecular weight is 409 g/mol. The lowest BCUT2D eigenvalue weighted by atomic mass is 10.0. The Morgan fingerprint density at radius 2 is 2.10 bits per heavy atom. The monoisotopic (exact) mass is 408 g/mol. The van der Waals surface area contributed by atoms with Gasteiger partial charge in [-0.15, -0.1) is 0 Å². The standard InChI is InChI=1S/C23H28N4O3/c1-16(2)21-14-18(30-27-21)15-25-23(24-11-9-17-6-5-12-28-17)26-20-10-13-29-22-8-4-3-7-19(20)22/h3-8,12,14,16,20H,9-11,13,15H2,1-2H3,(H2,24,25,26). The van der Waals surface area contributed by atoms with Crippen LogP contribution in [0.4, 0.5) is 0 Å². The molecule has 4 rings (SSSR count). The molecule has 7 heteroatoms. The number of rotatable bonds is 7. The van der Waals surface area contributed by atoms with E-state index in [2.05, 4.69) is 35.7 Å². The molecule has 0 saturated heterocycles. The summed E-state index contributed by atoms with van der Waals surface area (Å²) in [5, 5.41) is 11.1. The summed E-state index contributed by atoms with van der Waals surface area (Å²) >= 11 is 0. The topological polar surface area (TPSA) is 84.8 Å². The molecule has 0 spiro atoms. The van der Waals surface area contributed by atoms with Gasteiger partial charge in [0.2, 0.25) is 0 Å². The van der Waals surface area contributed by atoms with Gasteiger partial charge >= 0.3 is 0 Å². The van der Waals surface area contributed by atoms with Crippen molar-refractivity contribution in [2.75, 3.05) is 13.2 Å². The van der Waals surface area contributed by atoms with Crippen molar-refractivity contribution in [1.29, 1.82) is 0 Å². The van der Waals surface area contributed by atoms with Crippen LogP contribution in [0.15, 0.2) is 62.7 Å². The highest BCUT2D eigenvalue weighted by molar-refractivity contribution is 5.80. The van der Waals surface area contributed by atoms with E-state index in [1.807, 2.05) is 36.4 Å². The summed E-state index contributed by atoms with van der Waals surface area (Å²) in [6.45, 7) is 5.99. The zero-order valence-electron chi connectivity index (χ0n) is 17.4. The van der Waals surface area contributed by atoms with Crippen molar-refractivity contribution in [3.63, 3.8) is 0 Å². The number of hydrogen-bond acceptors (Lipinski definition) is 5. The van der Waals surface area contributed by atoms with Crippen molar-refractivity contribution >= 4 is 5.96 Å². The smallest absolute Gasteiger partial charge is 0.192 e. The van der Waals surface area contributed by atoms with E-state index in [0.717, 1.165) is 47.3 Å². The predicted octanol–water partition coefficient (Wildman–Crippen LogP) is 4.19. The number of benzene rings is 1. The van der Waals surface area contributed by atoms with Crippen LogP contribution in [0.2, 0.25) is 0 Å². The van der Waals surface area contributed by atoms with Crippen molar-refractivity contribution in [2.24, 2.45) is 4.99 Å². The van der Waals surface area contributed by atoms with Crippen LogP contribution in [0, 0.1) is 0 Å². The van der Waals surface area contributed by atoms with Gasteiger partial charge < -0.3 is 24.3 Å². The number of guanidine groups is 1. The molecule has 158 valence electrons. The Labute approximate surface area is 176 Å². The number of aliphatic imine (C=N–C) groups is 1. The number of furan rings is 1. The van der Waals surface area contributed by atoms with Crippen LogP contribution in [-0.4, -0.2) is 24.3 Å². The number of nitrogens with one attached hydrogen (secondary N) is 2. The first-order valence-corrected chi connectivity index (χ1v) is 10.4. The summed E-state index contributed by atoms with van der Waals surface area (Å²) in [5.74, 6) is 3.67. The quantitative estimate of drug-likeness (QED) is 0.450. The molecule has 3 aromatic rings. The number of ether oxygens (including phenoxy) is 1. The molecule has 1 aliphatic rings. The molecule has 0 amide bonds. The van der Waals surface area contributed by atoms with E-state index in [4.69, 9.17) is 18.7 Å². The lowest BCUT2D eigenvalue weighted by Gasteiger charge is -2.28. The van der Waals surface area contributed by atoms with Crippen molar-refractivity contribution in [3.8, 4) is 5.75 Å². The maximum absolute atomic E-state index is 5.78. The molecule has 0 saturated carbocycles. The van der Waals surface area contributed by atoms with Gasteiger partial charge in [0.1, 0.15) is 18.1 Å². The van der Waals surface area contributed by atoms with Crippen molar-refractivity contribution < 1.29 is 13.7 Å². The highest BCUT2D eigenvalue weighted by Crippen LogP contribution is 2.31. The van der Waals surface area contributed by atoms with Crippen LogP contribution < -0.4 is 15.4 Å². The minimum absolute atomic E-state index is 0.130. The fraction of sp³-hybridized carbons (Fsp3) is 0.391. The molecule has 7 nitrogen and oxygen atoms in total. The highest BCUT2D eigenvalue weighted by atomic mass is 16.5. The van der Waals surface area contributed by atoms with Gasteiger partial charge in [-0.3, -0.25) is 0 Å². The Hall–Kier alpha value is -3.22. The Kier molecular flexibility index (Phi) is 6.37.